The third-order valence-electron chi connectivity index (χ3n) is 2.78. The molecule has 1 unspecified atom stereocenters. The Balaban J connectivity index is 2.13. The van der Waals surface area contributed by atoms with E-state index < -0.39 is 5.72 Å². The summed E-state index contributed by atoms with van der Waals surface area (Å²) in [6, 6.07) is 3.79. The van der Waals surface area contributed by atoms with Gasteiger partial charge >= 0.3 is 0 Å². The van der Waals surface area contributed by atoms with Gasteiger partial charge in [0.2, 0.25) is 0 Å². The van der Waals surface area contributed by atoms with Crippen LogP contribution in [-0.2, 0) is 6.54 Å². The minimum absolute atomic E-state index is 0.637. The van der Waals surface area contributed by atoms with Crippen LogP contribution < -0.4 is 0 Å². The van der Waals surface area contributed by atoms with Crippen LogP contribution in [0.2, 0.25) is 0 Å². The molecule has 4 heteroatoms. The highest BCUT2D eigenvalue weighted by atomic mass is 32.2. The largest absolute Gasteiger partial charge is 0.468 e. The zero-order valence-corrected chi connectivity index (χ0v) is 9.75. The highest BCUT2D eigenvalue weighted by molar-refractivity contribution is 8.02. The predicted molar refractivity (Wildman–Crippen MR) is 61.1 cm³/mol. The van der Waals surface area contributed by atoms with Crippen molar-refractivity contribution in [2.45, 2.75) is 26.1 Å². The third-order valence-corrected chi connectivity index (χ3v) is 3.76. The summed E-state index contributed by atoms with van der Waals surface area (Å²) in [7, 11) is 0. The van der Waals surface area contributed by atoms with Crippen LogP contribution in [-0.4, -0.2) is 21.6 Å². The molecule has 1 aromatic heterocycles. The van der Waals surface area contributed by atoms with Gasteiger partial charge in [-0.25, -0.2) is 0 Å². The van der Waals surface area contributed by atoms with E-state index in [0.29, 0.717) is 6.54 Å². The van der Waals surface area contributed by atoms with Crippen molar-refractivity contribution in [3.8, 4) is 0 Å². The average molecular weight is 225 g/mol. The summed E-state index contributed by atoms with van der Waals surface area (Å²) in [5, 5.41) is 12.3. The Labute approximate surface area is 93.8 Å². The summed E-state index contributed by atoms with van der Waals surface area (Å²) in [4.78, 5) is 1.99. The fourth-order valence-electron chi connectivity index (χ4n) is 1.53. The molecule has 0 fully saturated rings. The molecule has 1 N–H and O–H groups in total. The van der Waals surface area contributed by atoms with Gasteiger partial charge in [0, 0.05) is 0 Å². The molecule has 0 aromatic carbocycles. The van der Waals surface area contributed by atoms with Crippen molar-refractivity contribution in [1.29, 1.82) is 0 Å². The Morgan fingerprint density at radius 1 is 1.67 bits per heavy atom. The molecular formula is C11H15NO2S. The summed E-state index contributed by atoms with van der Waals surface area (Å²) < 4.78 is 5.28. The Hall–Kier alpha value is -0.710. The Morgan fingerprint density at radius 2 is 2.47 bits per heavy atom. The number of aliphatic hydroxyl groups is 1. The fourth-order valence-corrected chi connectivity index (χ4v) is 2.60. The maximum Gasteiger partial charge on any atom is 0.139 e. The van der Waals surface area contributed by atoms with Crippen molar-refractivity contribution in [3.63, 3.8) is 0 Å². The lowest BCUT2D eigenvalue weighted by molar-refractivity contribution is -0.0601. The van der Waals surface area contributed by atoms with E-state index >= 15 is 0 Å². The topological polar surface area (TPSA) is 36.6 Å². The molecule has 2 heterocycles. The van der Waals surface area contributed by atoms with Gasteiger partial charge in [0.25, 0.3) is 0 Å². The lowest BCUT2D eigenvalue weighted by atomic mass is 10.1. The molecule has 0 bridgehead atoms. The summed E-state index contributed by atoms with van der Waals surface area (Å²) in [5.41, 5.74) is 0.114. The summed E-state index contributed by atoms with van der Waals surface area (Å²) >= 11 is 1.70. The molecule has 2 rings (SSSR count). The van der Waals surface area contributed by atoms with E-state index in [-0.39, 0.29) is 0 Å². The first-order chi connectivity index (χ1) is 7.10. The van der Waals surface area contributed by atoms with Gasteiger partial charge in [0.1, 0.15) is 11.5 Å². The number of hydrogen-bond acceptors (Lipinski definition) is 4. The predicted octanol–water partition coefficient (Wildman–Crippen LogP) is 2.40. The molecule has 1 aliphatic rings. The van der Waals surface area contributed by atoms with Crippen molar-refractivity contribution < 1.29 is 9.52 Å². The van der Waals surface area contributed by atoms with Crippen LogP contribution in [0.1, 0.15) is 19.6 Å². The van der Waals surface area contributed by atoms with Crippen LogP contribution in [0.4, 0.5) is 0 Å². The zero-order chi connectivity index (χ0) is 10.9. The quantitative estimate of drug-likeness (QED) is 0.838. The van der Waals surface area contributed by atoms with E-state index in [1.165, 1.54) is 0 Å². The minimum atomic E-state index is -0.863. The Bertz CT molecular complexity index is 357. The first kappa shape index (κ1) is 10.8. The molecule has 1 atom stereocenters. The molecule has 0 saturated carbocycles. The van der Waals surface area contributed by atoms with Crippen molar-refractivity contribution in [3.05, 3.63) is 35.1 Å². The van der Waals surface area contributed by atoms with Crippen LogP contribution in [0.5, 0.6) is 0 Å². The van der Waals surface area contributed by atoms with Gasteiger partial charge in [0.15, 0.2) is 0 Å². The normalized spacial score (nSPS) is 27.8. The Morgan fingerprint density at radius 3 is 3.13 bits per heavy atom. The highest BCUT2D eigenvalue weighted by Crippen LogP contribution is 2.32. The highest BCUT2D eigenvalue weighted by Gasteiger charge is 2.33. The van der Waals surface area contributed by atoms with E-state index in [1.807, 2.05) is 36.3 Å². The van der Waals surface area contributed by atoms with Crippen LogP contribution in [0.15, 0.2) is 33.8 Å². The van der Waals surface area contributed by atoms with Crippen LogP contribution in [0.3, 0.4) is 0 Å². The molecule has 0 spiro atoms. The second-order valence-electron chi connectivity index (χ2n) is 3.89. The Kier molecular flexibility index (Phi) is 2.91. The third kappa shape index (κ3) is 2.12. The lowest BCUT2D eigenvalue weighted by Gasteiger charge is -2.39. The van der Waals surface area contributed by atoms with Gasteiger partial charge < -0.3 is 9.52 Å². The van der Waals surface area contributed by atoms with Crippen molar-refractivity contribution in [2.75, 3.05) is 5.88 Å². The molecule has 0 radical (unpaired) electrons. The standard InChI is InChI=1S/C11H15NO2S/c1-9-7-15-8-12(11(9,2)13)6-10-4-3-5-14-10/h3-5,7,13H,6,8H2,1-2H3. The lowest BCUT2D eigenvalue weighted by Crippen LogP contribution is -2.48. The molecule has 0 amide bonds. The minimum Gasteiger partial charge on any atom is -0.468 e. The van der Waals surface area contributed by atoms with E-state index in [1.54, 1.807) is 18.0 Å². The zero-order valence-electron chi connectivity index (χ0n) is 8.93. The molecule has 1 aliphatic heterocycles. The van der Waals surface area contributed by atoms with Crippen molar-refractivity contribution in [1.82, 2.24) is 4.90 Å². The second kappa shape index (κ2) is 4.04. The fraction of sp³-hybridized carbons (Fsp3) is 0.455. The van der Waals surface area contributed by atoms with Gasteiger partial charge in [-0.15, -0.1) is 11.8 Å². The van der Waals surface area contributed by atoms with Crippen LogP contribution in [0.25, 0.3) is 0 Å². The first-order valence-corrected chi connectivity index (χ1v) is 5.94. The molecule has 0 aliphatic carbocycles. The molecule has 3 nitrogen and oxygen atoms in total. The maximum absolute atomic E-state index is 10.3. The van der Waals surface area contributed by atoms with Crippen LogP contribution in [0, 0.1) is 0 Å². The average Bonchev–Trinajstić information content (AvgIpc) is 2.66. The van der Waals surface area contributed by atoms with Gasteiger partial charge in [-0.1, -0.05) is 0 Å². The smallest absolute Gasteiger partial charge is 0.139 e. The summed E-state index contributed by atoms with van der Waals surface area (Å²) in [6.07, 6.45) is 1.66. The summed E-state index contributed by atoms with van der Waals surface area (Å²) in [6.45, 7) is 4.40. The number of hydrogen-bond donors (Lipinski definition) is 1. The molecule has 0 saturated heterocycles. The van der Waals surface area contributed by atoms with Gasteiger partial charge in [-0.3, -0.25) is 4.90 Å². The van der Waals surface area contributed by atoms with Crippen molar-refractivity contribution >= 4 is 11.8 Å². The number of nitrogens with zero attached hydrogens (tertiary/aromatic N) is 1. The van der Waals surface area contributed by atoms with E-state index in [0.717, 1.165) is 17.2 Å². The summed E-state index contributed by atoms with van der Waals surface area (Å²) in [5.74, 6) is 1.66. The van der Waals surface area contributed by atoms with Crippen molar-refractivity contribution in [2.24, 2.45) is 0 Å². The first-order valence-electron chi connectivity index (χ1n) is 4.89. The number of furan rings is 1. The molecule has 82 valence electrons. The maximum atomic E-state index is 10.3. The number of rotatable bonds is 2. The molecule has 1 aromatic rings. The SMILES string of the molecule is CC1=CSCN(Cc2ccco2)C1(C)O. The molecule has 15 heavy (non-hydrogen) atoms. The molecular weight excluding hydrogens is 210 g/mol. The number of thioether (sulfide) groups is 1. The van der Waals surface area contributed by atoms with Gasteiger partial charge in [0.05, 0.1) is 18.7 Å². The van der Waals surface area contributed by atoms with Crippen LogP contribution >= 0.6 is 11.8 Å². The monoisotopic (exact) mass is 225 g/mol. The van der Waals surface area contributed by atoms with E-state index in [4.69, 9.17) is 4.42 Å². The van der Waals surface area contributed by atoms with Gasteiger partial charge in [-0.05, 0) is 37.0 Å². The second-order valence-corrected chi connectivity index (χ2v) is 4.72. The van der Waals surface area contributed by atoms with Gasteiger partial charge in [-0.2, -0.15) is 0 Å². The van der Waals surface area contributed by atoms with E-state index in [9.17, 15) is 5.11 Å². The van der Waals surface area contributed by atoms with E-state index in [2.05, 4.69) is 0 Å².